The quantitative estimate of drug-likeness (QED) is 0.861. The smallest absolute Gasteiger partial charge is 0.227 e. The molecule has 1 aliphatic heterocycles. The van der Waals surface area contributed by atoms with Gasteiger partial charge in [-0.2, -0.15) is 0 Å². The van der Waals surface area contributed by atoms with Gasteiger partial charge in [0.05, 0.1) is 6.42 Å². The minimum Gasteiger partial charge on any atom is -0.368 e. The lowest BCUT2D eigenvalue weighted by molar-refractivity contribution is -0.130. The van der Waals surface area contributed by atoms with Gasteiger partial charge in [0.2, 0.25) is 5.91 Å². The van der Waals surface area contributed by atoms with E-state index in [1.807, 2.05) is 41.0 Å². The molecule has 0 aliphatic carbocycles. The maximum absolute atomic E-state index is 12.3. The number of anilines is 1. The number of aromatic nitrogens is 1. The first-order valence-corrected chi connectivity index (χ1v) is 7.41. The number of nitrogens with zero attached hydrogens (tertiary/aromatic N) is 3. The van der Waals surface area contributed by atoms with Crippen molar-refractivity contribution in [3.05, 3.63) is 54.4 Å². The van der Waals surface area contributed by atoms with Gasteiger partial charge in [0.15, 0.2) is 0 Å². The Balaban J connectivity index is 1.54. The number of rotatable bonds is 3. The average molecular weight is 283 g/mol. The summed E-state index contributed by atoms with van der Waals surface area (Å²) in [7, 11) is 1.98. The number of carbonyl (C=O) groups is 1. The molecule has 2 heterocycles. The van der Waals surface area contributed by atoms with Crippen molar-refractivity contribution in [3.8, 4) is 0 Å². The second kappa shape index (κ2) is 6.04. The zero-order chi connectivity index (χ0) is 14.7. The molecule has 0 atom stereocenters. The fourth-order valence-electron chi connectivity index (χ4n) is 2.80. The van der Waals surface area contributed by atoms with E-state index in [4.69, 9.17) is 0 Å². The highest BCUT2D eigenvalue weighted by molar-refractivity contribution is 5.79. The number of para-hydroxylation sites is 1. The van der Waals surface area contributed by atoms with E-state index in [1.54, 1.807) is 0 Å². The van der Waals surface area contributed by atoms with E-state index in [0.717, 1.165) is 31.7 Å². The molecule has 4 nitrogen and oxygen atoms in total. The fourth-order valence-corrected chi connectivity index (χ4v) is 2.80. The molecular weight excluding hydrogens is 262 g/mol. The molecule has 0 saturated carbocycles. The molecule has 1 aliphatic rings. The summed E-state index contributed by atoms with van der Waals surface area (Å²) in [4.78, 5) is 16.6. The lowest BCUT2D eigenvalue weighted by Crippen LogP contribution is -2.49. The van der Waals surface area contributed by atoms with Gasteiger partial charge in [-0.1, -0.05) is 18.2 Å². The van der Waals surface area contributed by atoms with Gasteiger partial charge in [-0.25, -0.2) is 0 Å². The SMILES string of the molecule is Cn1ccc(CC(=O)N2CCN(c3ccccc3)CC2)c1. The Morgan fingerprint density at radius 2 is 1.76 bits per heavy atom. The minimum atomic E-state index is 0.230. The van der Waals surface area contributed by atoms with Crippen LogP contribution in [-0.4, -0.2) is 41.6 Å². The summed E-state index contributed by atoms with van der Waals surface area (Å²) < 4.78 is 1.98. The van der Waals surface area contributed by atoms with Crippen molar-refractivity contribution in [2.75, 3.05) is 31.1 Å². The molecule has 0 radical (unpaired) electrons. The molecule has 0 spiro atoms. The van der Waals surface area contributed by atoms with Crippen LogP contribution >= 0.6 is 0 Å². The van der Waals surface area contributed by atoms with Crippen LogP contribution in [0.25, 0.3) is 0 Å². The lowest BCUT2D eigenvalue weighted by Gasteiger charge is -2.36. The van der Waals surface area contributed by atoms with Crippen LogP contribution in [-0.2, 0) is 18.3 Å². The summed E-state index contributed by atoms with van der Waals surface area (Å²) in [6.45, 7) is 3.43. The van der Waals surface area contributed by atoms with Gasteiger partial charge in [0, 0.05) is 51.3 Å². The van der Waals surface area contributed by atoms with Crippen LogP contribution in [0, 0.1) is 0 Å². The van der Waals surface area contributed by atoms with Crippen LogP contribution in [0.15, 0.2) is 48.8 Å². The van der Waals surface area contributed by atoms with Crippen molar-refractivity contribution in [3.63, 3.8) is 0 Å². The Bertz CT molecular complexity index is 598. The van der Waals surface area contributed by atoms with Crippen LogP contribution in [0.1, 0.15) is 5.56 Å². The largest absolute Gasteiger partial charge is 0.368 e. The summed E-state index contributed by atoms with van der Waals surface area (Å²) in [6.07, 6.45) is 4.50. The minimum absolute atomic E-state index is 0.230. The molecule has 1 fully saturated rings. The molecule has 4 heteroatoms. The first-order chi connectivity index (χ1) is 10.2. The lowest BCUT2D eigenvalue weighted by atomic mass is 10.2. The number of hydrogen-bond acceptors (Lipinski definition) is 2. The number of piperazine rings is 1. The van der Waals surface area contributed by atoms with Crippen LogP contribution in [0.4, 0.5) is 5.69 Å². The number of carbonyl (C=O) groups excluding carboxylic acids is 1. The van der Waals surface area contributed by atoms with Crippen molar-refractivity contribution in [2.45, 2.75) is 6.42 Å². The zero-order valence-electron chi connectivity index (χ0n) is 12.4. The highest BCUT2D eigenvalue weighted by Gasteiger charge is 2.21. The van der Waals surface area contributed by atoms with Crippen molar-refractivity contribution in [1.82, 2.24) is 9.47 Å². The van der Waals surface area contributed by atoms with E-state index in [2.05, 4.69) is 29.2 Å². The third-order valence-corrected chi connectivity index (χ3v) is 4.00. The van der Waals surface area contributed by atoms with Gasteiger partial charge in [-0.05, 0) is 23.8 Å². The second-order valence-electron chi connectivity index (χ2n) is 5.57. The molecule has 1 aromatic carbocycles. The van der Waals surface area contributed by atoms with Crippen molar-refractivity contribution < 1.29 is 4.79 Å². The van der Waals surface area contributed by atoms with Gasteiger partial charge in [0.25, 0.3) is 0 Å². The van der Waals surface area contributed by atoms with Crippen LogP contribution in [0.2, 0.25) is 0 Å². The van der Waals surface area contributed by atoms with Gasteiger partial charge in [-0.3, -0.25) is 4.79 Å². The van der Waals surface area contributed by atoms with Crippen LogP contribution < -0.4 is 4.90 Å². The summed E-state index contributed by atoms with van der Waals surface area (Å²) in [6, 6.07) is 12.4. The Morgan fingerprint density at radius 3 is 2.38 bits per heavy atom. The Morgan fingerprint density at radius 1 is 1.05 bits per heavy atom. The fraction of sp³-hybridized carbons (Fsp3) is 0.353. The number of hydrogen-bond donors (Lipinski definition) is 0. The normalized spacial score (nSPS) is 15.3. The predicted octanol–water partition coefficient (Wildman–Crippen LogP) is 1.92. The summed E-state index contributed by atoms with van der Waals surface area (Å²) in [5, 5.41) is 0. The molecule has 0 N–H and O–H groups in total. The molecule has 0 bridgehead atoms. The molecule has 0 unspecified atom stereocenters. The molecular formula is C17H21N3O. The standard InChI is InChI=1S/C17H21N3O/c1-18-8-7-15(14-18)13-17(21)20-11-9-19(10-12-20)16-5-3-2-4-6-16/h2-8,14H,9-13H2,1H3. The van der Waals surface area contributed by atoms with Crippen molar-refractivity contribution in [1.29, 1.82) is 0 Å². The van der Waals surface area contributed by atoms with E-state index in [-0.39, 0.29) is 5.91 Å². The average Bonchev–Trinajstić information content (AvgIpc) is 2.93. The summed E-state index contributed by atoms with van der Waals surface area (Å²) in [5.41, 5.74) is 2.33. The maximum atomic E-state index is 12.3. The predicted molar refractivity (Wildman–Crippen MR) is 84.4 cm³/mol. The molecule has 110 valence electrons. The number of amides is 1. The first-order valence-electron chi connectivity index (χ1n) is 7.41. The van der Waals surface area contributed by atoms with Crippen molar-refractivity contribution >= 4 is 11.6 Å². The highest BCUT2D eigenvalue weighted by atomic mass is 16.2. The number of benzene rings is 1. The number of aryl methyl sites for hydroxylation is 1. The molecule has 1 saturated heterocycles. The molecule has 1 aromatic heterocycles. The molecule has 2 aromatic rings. The van der Waals surface area contributed by atoms with Gasteiger partial charge >= 0.3 is 0 Å². The zero-order valence-corrected chi connectivity index (χ0v) is 12.4. The topological polar surface area (TPSA) is 28.5 Å². The summed E-state index contributed by atoms with van der Waals surface area (Å²) in [5.74, 6) is 0.230. The Hall–Kier alpha value is -2.23. The van der Waals surface area contributed by atoms with E-state index in [9.17, 15) is 4.79 Å². The third kappa shape index (κ3) is 3.27. The van der Waals surface area contributed by atoms with Gasteiger partial charge < -0.3 is 14.4 Å². The molecule has 21 heavy (non-hydrogen) atoms. The molecule has 3 rings (SSSR count). The maximum Gasteiger partial charge on any atom is 0.227 e. The van der Waals surface area contributed by atoms with Crippen LogP contribution in [0.5, 0.6) is 0 Å². The monoisotopic (exact) mass is 283 g/mol. The first kappa shape index (κ1) is 13.7. The second-order valence-corrected chi connectivity index (χ2v) is 5.57. The summed E-state index contributed by atoms with van der Waals surface area (Å²) >= 11 is 0. The van der Waals surface area contributed by atoms with Gasteiger partial charge in [-0.15, -0.1) is 0 Å². The third-order valence-electron chi connectivity index (χ3n) is 4.00. The highest BCUT2D eigenvalue weighted by Crippen LogP contribution is 2.16. The van der Waals surface area contributed by atoms with Crippen LogP contribution in [0.3, 0.4) is 0 Å². The van der Waals surface area contributed by atoms with E-state index in [0.29, 0.717) is 6.42 Å². The Kier molecular flexibility index (Phi) is 3.95. The van der Waals surface area contributed by atoms with E-state index in [1.165, 1.54) is 5.69 Å². The van der Waals surface area contributed by atoms with E-state index >= 15 is 0 Å². The van der Waals surface area contributed by atoms with Crippen molar-refractivity contribution in [2.24, 2.45) is 7.05 Å². The van der Waals surface area contributed by atoms with Gasteiger partial charge in [0.1, 0.15) is 0 Å². The molecule has 1 amide bonds. The Labute approximate surface area is 125 Å². The van der Waals surface area contributed by atoms with E-state index < -0.39 is 0 Å².